The average molecular weight is 249 g/mol. The molecule has 1 N–H and O–H groups in total. The summed E-state index contributed by atoms with van der Waals surface area (Å²) < 4.78 is 10.1. The van der Waals surface area contributed by atoms with Crippen molar-refractivity contribution in [3.63, 3.8) is 0 Å². The van der Waals surface area contributed by atoms with Gasteiger partial charge < -0.3 is 14.8 Å². The van der Waals surface area contributed by atoms with Crippen molar-refractivity contribution in [1.29, 1.82) is 0 Å². The van der Waals surface area contributed by atoms with Crippen LogP contribution in [0.3, 0.4) is 0 Å². The second-order valence-corrected chi connectivity index (χ2v) is 4.08. The van der Waals surface area contributed by atoms with Crippen molar-refractivity contribution < 1.29 is 19.1 Å². The third kappa shape index (κ3) is 2.30. The number of carbonyl (C=O) groups is 2. The molecular weight excluding hydrogens is 234 g/mol. The van der Waals surface area contributed by atoms with E-state index in [9.17, 15) is 9.59 Å². The van der Waals surface area contributed by atoms with Crippen molar-refractivity contribution in [2.24, 2.45) is 0 Å². The van der Waals surface area contributed by atoms with Gasteiger partial charge in [0.15, 0.2) is 6.61 Å². The minimum absolute atomic E-state index is 0.00543. The van der Waals surface area contributed by atoms with Crippen LogP contribution >= 0.6 is 0 Å². The van der Waals surface area contributed by atoms with Crippen molar-refractivity contribution in [2.45, 2.75) is 19.3 Å². The van der Waals surface area contributed by atoms with E-state index < -0.39 is 0 Å². The van der Waals surface area contributed by atoms with Gasteiger partial charge in [-0.05, 0) is 24.1 Å². The molecule has 1 unspecified atom stereocenters. The Labute approximate surface area is 105 Å². The number of rotatable bonds is 3. The Morgan fingerprint density at radius 3 is 3.00 bits per heavy atom. The van der Waals surface area contributed by atoms with Crippen LogP contribution in [-0.4, -0.2) is 25.6 Å². The molecular formula is C13H15NO4. The molecule has 0 spiro atoms. The minimum Gasteiger partial charge on any atom is -0.482 e. The molecule has 1 amide bonds. The van der Waals surface area contributed by atoms with Crippen molar-refractivity contribution >= 4 is 17.6 Å². The Morgan fingerprint density at radius 2 is 2.33 bits per heavy atom. The number of benzene rings is 1. The van der Waals surface area contributed by atoms with E-state index >= 15 is 0 Å². The number of hydrogen-bond donors (Lipinski definition) is 1. The van der Waals surface area contributed by atoms with Crippen molar-refractivity contribution in [3.8, 4) is 5.75 Å². The molecule has 1 heterocycles. The zero-order valence-corrected chi connectivity index (χ0v) is 10.4. The molecule has 0 fully saturated rings. The van der Waals surface area contributed by atoms with Crippen LogP contribution in [0.25, 0.3) is 0 Å². The average Bonchev–Trinajstić information content (AvgIpc) is 2.39. The van der Waals surface area contributed by atoms with Crippen LogP contribution in [0.15, 0.2) is 18.2 Å². The molecule has 1 atom stereocenters. The molecule has 5 nitrogen and oxygen atoms in total. The lowest BCUT2D eigenvalue weighted by Crippen LogP contribution is -2.25. The van der Waals surface area contributed by atoms with E-state index in [0.29, 0.717) is 17.9 Å². The molecule has 0 aliphatic carbocycles. The van der Waals surface area contributed by atoms with Crippen LogP contribution < -0.4 is 10.1 Å². The summed E-state index contributed by atoms with van der Waals surface area (Å²) in [5.41, 5.74) is 1.47. The van der Waals surface area contributed by atoms with Crippen LogP contribution in [0.4, 0.5) is 5.69 Å². The Balaban J connectivity index is 2.30. The lowest BCUT2D eigenvalue weighted by molar-refractivity contribution is -0.142. The molecule has 0 bridgehead atoms. The van der Waals surface area contributed by atoms with Gasteiger partial charge in [-0.25, -0.2) is 0 Å². The number of ether oxygens (including phenoxy) is 2. The number of fused-ring (bicyclic) bond motifs is 1. The summed E-state index contributed by atoms with van der Waals surface area (Å²) in [5, 5.41) is 2.71. The molecule has 0 aromatic heterocycles. The summed E-state index contributed by atoms with van der Waals surface area (Å²) in [4.78, 5) is 22.8. The molecule has 5 heteroatoms. The molecule has 18 heavy (non-hydrogen) atoms. The molecule has 2 rings (SSSR count). The zero-order valence-electron chi connectivity index (χ0n) is 10.4. The van der Waals surface area contributed by atoms with Crippen molar-refractivity contribution in [3.05, 3.63) is 23.8 Å². The normalized spacial score (nSPS) is 15.1. The van der Waals surface area contributed by atoms with Crippen LogP contribution in [0.2, 0.25) is 0 Å². The van der Waals surface area contributed by atoms with E-state index in [-0.39, 0.29) is 24.4 Å². The third-order valence-corrected chi connectivity index (χ3v) is 2.93. The Bertz CT molecular complexity index is 484. The number of amides is 1. The number of esters is 1. The molecule has 0 radical (unpaired) electrons. The molecule has 96 valence electrons. The van der Waals surface area contributed by atoms with Crippen LogP contribution in [0.1, 0.15) is 24.8 Å². The Morgan fingerprint density at radius 1 is 1.56 bits per heavy atom. The quantitative estimate of drug-likeness (QED) is 0.828. The summed E-state index contributed by atoms with van der Waals surface area (Å²) in [7, 11) is 1.38. The molecule has 0 saturated heterocycles. The number of carbonyl (C=O) groups excluding carboxylic acids is 2. The maximum atomic E-state index is 11.6. The highest BCUT2D eigenvalue weighted by Crippen LogP contribution is 2.32. The fourth-order valence-corrected chi connectivity index (χ4v) is 1.99. The van der Waals surface area contributed by atoms with Gasteiger partial charge in [-0.1, -0.05) is 13.0 Å². The van der Waals surface area contributed by atoms with Crippen LogP contribution in [-0.2, 0) is 14.3 Å². The third-order valence-electron chi connectivity index (χ3n) is 2.93. The van der Waals surface area contributed by atoms with Gasteiger partial charge in [0, 0.05) is 0 Å². The number of methoxy groups -OCH3 is 1. The van der Waals surface area contributed by atoms with E-state index in [0.717, 1.165) is 5.56 Å². The van der Waals surface area contributed by atoms with Gasteiger partial charge >= 0.3 is 5.97 Å². The molecule has 1 aromatic carbocycles. The fraction of sp³-hybridized carbons (Fsp3) is 0.385. The monoisotopic (exact) mass is 249 g/mol. The van der Waals surface area contributed by atoms with Gasteiger partial charge in [0.05, 0.1) is 18.7 Å². The minimum atomic E-state index is -0.304. The lowest BCUT2D eigenvalue weighted by atomic mass is 9.96. The van der Waals surface area contributed by atoms with Gasteiger partial charge in [-0.15, -0.1) is 0 Å². The highest BCUT2D eigenvalue weighted by Gasteiger charge is 2.22. The standard InChI is InChI=1S/C13H15NO4/c1-3-9(13(16)17-2)8-4-5-10-11(6-8)18-7-12(15)14-10/h4-6,9H,3,7H2,1-2H3,(H,14,15). The van der Waals surface area contributed by atoms with Gasteiger partial charge in [-0.3, -0.25) is 9.59 Å². The zero-order chi connectivity index (χ0) is 13.1. The smallest absolute Gasteiger partial charge is 0.313 e. The highest BCUT2D eigenvalue weighted by molar-refractivity contribution is 5.95. The van der Waals surface area contributed by atoms with Gasteiger partial charge in [0.25, 0.3) is 5.91 Å². The Hall–Kier alpha value is -2.04. The summed E-state index contributed by atoms with van der Waals surface area (Å²) in [5.74, 6) is -0.150. The summed E-state index contributed by atoms with van der Waals surface area (Å²) in [6, 6.07) is 5.33. The second-order valence-electron chi connectivity index (χ2n) is 4.08. The van der Waals surface area contributed by atoms with Gasteiger partial charge in [0.1, 0.15) is 5.75 Å². The topological polar surface area (TPSA) is 64.6 Å². The van der Waals surface area contributed by atoms with E-state index in [4.69, 9.17) is 9.47 Å². The van der Waals surface area contributed by atoms with E-state index in [1.807, 2.05) is 6.92 Å². The summed E-state index contributed by atoms with van der Waals surface area (Å²) in [6.07, 6.45) is 0.651. The predicted octanol–water partition coefficient (Wildman–Crippen LogP) is 1.68. The largest absolute Gasteiger partial charge is 0.482 e. The number of anilines is 1. The number of nitrogens with one attached hydrogen (secondary N) is 1. The van der Waals surface area contributed by atoms with E-state index in [1.54, 1.807) is 18.2 Å². The fourth-order valence-electron chi connectivity index (χ4n) is 1.99. The first-order chi connectivity index (χ1) is 8.65. The molecule has 1 aromatic rings. The summed E-state index contributed by atoms with van der Waals surface area (Å²) >= 11 is 0. The van der Waals surface area contributed by atoms with Gasteiger partial charge in [-0.2, -0.15) is 0 Å². The van der Waals surface area contributed by atoms with E-state index in [2.05, 4.69) is 5.32 Å². The van der Waals surface area contributed by atoms with Crippen LogP contribution in [0, 0.1) is 0 Å². The highest BCUT2D eigenvalue weighted by atomic mass is 16.5. The first-order valence-corrected chi connectivity index (χ1v) is 5.80. The number of hydrogen-bond acceptors (Lipinski definition) is 4. The molecule has 1 aliphatic rings. The molecule has 0 saturated carbocycles. The first kappa shape index (κ1) is 12.4. The molecule has 1 aliphatic heterocycles. The maximum Gasteiger partial charge on any atom is 0.313 e. The Kier molecular flexibility index (Phi) is 3.50. The second kappa shape index (κ2) is 5.08. The van der Waals surface area contributed by atoms with Crippen molar-refractivity contribution in [1.82, 2.24) is 0 Å². The predicted molar refractivity (Wildman–Crippen MR) is 65.6 cm³/mol. The van der Waals surface area contributed by atoms with Gasteiger partial charge in [0.2, 0.25) is 0 Å². The van der Waals surface area contributed by atoms with Crippen LogP contribution in [0.5, 0.6) is 5.75 Å². The first-order valence-electron chi connectivity index (χ1n) is 5.80. The van der Waals surface area contributed by atoms with Crippen molar-refractivity contribution in [2.75, 3.05) is 19.0 Å². The maximum absolute atomic E-state index is 11.6. The van der Waals surface area contributed by atoms with E-state index in [1.165, 1.54) is 7.11 Å². The summed E-state index contributed by atoms with van der Waals surface area (Å²) in [6.45, 7) is 1.93. The SMILES string of the molecule is CCC(C(=O)OC)c1ccc2c(c1)OCC(=O)N2. The lowest BCUT2D eigenvalue weighted by Gasteiger charge is -2.20.